The number of nitriles is 1. The van der Waals surface area contributed by atoms with Crippen molar-refractivity contribution in [2.45, 2.75) is 43.9 Å². The molecule has 2 heterocycles. The average Bonchev–Trinajstić information content (AvgIpc) is 3.48. The van der Waals surface area contributed by atoms with Crippen molar-refractivity contribution in [1.82, 2.24) is 19.5 Å². The quantitative estimate of drug-likeness (QED) is 0.189. The molecule has 0 radical (unpaired) electrons. The van der Waals surface area contributed by atoms with Gasteiger partial charge in [-0.3, -0.25) is 0 Å². The van der Waals surface area contributed by atoms with Gasteiger partial charge in [0.1, 0.15) is 0 Å². The zero-order valence-corrected chi connectivity index (χ0v) is 27.3. The second-order valence-electron chi connectivity index (χ2n) is 14.7. The molecule has 5 aromatic carbocycles. The van der Waals surface area contributed by atoms with E-state index in [-0.39, 0.29) is 0 Å². The molecule has 0 aliphatic heterocycles. The van der Waals surface area contributed by atoms with Crippen LogP contribution in [0.4, 0.5) is 0 Å². The Bertz CT molecular complexity index is 2380. The van der Waals surface area contributed by atoms with Gasteiger partial charge in [0.15, 0.2) is 17.5 Å². The van der Waals surface area contributed by atoms with E-state index in [0.29, 0.717) is 28.5 Å². The van der Waals surface area contributed by atoms with Crippen LogP contribution in [0.3, 0.4) is 0 Å². The minimum absolute atomic E-state index is 0.364. The lowest BCUT2D eigenvalue weighted by atomic mass is 9.48. The number of rotatable bonds is 5. The number of fused-ring (bicyclic) bond motifs is 3. The van der Waals surface area contributed by atoms with E-state index in [9.17, 15) is 5.26 Å². The number of aromatic nitrogens is 4. The van der Waals surface area contributed by atoms with E-state index in [1.807, 2.05) is 42.5 Å². The summed E-state index contributed by atoms with van der Waals surface area (Å²) < 4.78 is 2.26. The summed E-state index contributed by atoms with van der Waals surface area (Å²) in [5, 5.41) is 11.7. The number of hydrogen-bond donors (Lipinski definition) is 0. The van der Waals surface area contributed by atoms with Gasteiger partial charge in [0, 0.05) is 33.2 Å². The normalized spacial score (nSPS) is 22.5. The third-order valence-corrected chi connectivity index (χ3v) is 11.6. The van der Waals surface area contributed by atoms with Crippen LogP contribution in [0.1, 0.15) is 49.7 Å². The summed E-state index contributed by atoms with van der Waals surface area (Å²) in [4.78, 5) is 15.1. The Kier molecular flexibility index (Phi) is 6.36. The van der Waals surface area contributed by atoms with E-state index in [2.05, 4.69) is 89.5 Å². The highest BCUT2D eigenvalue weighted by atomic mass is 15.0. The van der Waals surface area contributed by atoms with Crippen molar-refractivity contribution in [3.8, 4) is 45.9 Å². The molecule has 4 aliphatic carbocycles. The fraction of sp³-hybridized carbons (Fsp3) is 0.227. The summed E-state index contributed by atoms with van der Waals surface area (Å²) >= 11 is 0. The molecular formula is C44H35N5. The first-order valence-electron chi connectivity index (χ1n) is 17.6. The van der Waals surface area contributed by atoms with E-state index >= 15 is 0 Å². The van der Waals surface area contributed by atoms with Crippen LogP contribution in [0.25, 0.3) is 61.7 Å². The maximum atomic E-state index is 9.55. The van der Waals surface area contributed by atoms with Crippen molar-refractivity contribution in [2.75, 3.05) is 0 Å². The lowest BCUT2D eigenvalue weighted by molar-refractivity contribution is -0.00518. The zero-order chi connectivity index (χ0) is 32.5. The number of benzene rings is 5. The van der Waals surface area contributed by atoms with E-state index < -0.39 is 0 Å². The first kappa shape index (κ1) is 28.4. The standard InChI is InChI=1S/C44H35N5/c45-27-28-10-19-40-38(23-28)37-8-4-5-9-39(37)49(40)36-17-13-34(14-18-36)43-47-41(32-6-2-1-3-7-32)46-42(48-43)33-11-15-35(16-12-33)44-24-29-20-30(25-44)22-31(21-29)26-44/h1-19,23,29-31H,20-22,24-26H2/t29-,30+,31-,44?. The summed E-state index contributed by atoms with van der Waals surface area (Å²) in [6.07, 6.45) is 8.44. The SMILES string of the molecule is N#Cc1ccc2c(c1)c1ccccc1n2-c1ccc(-c2nc(-c3ccccc3)nc(-c3ccc(C45C[C@H]6C[C@@H](C4)C[C@@H](C5)C6)cc3)n2)cc1. The number of para-hydroxylation sites is 1. The molecule has 236 valence electrons. The lowest BCUT2D eigenvalue weighted by Gasteiger charge is -2.57. The number of hydrogen-bond acceptors (Lipinski definition) is 4. The Labute approximate surface area is 285 Å². The van der Waals surface area contributed by atoms with Gasteiger partial charge >= 0.3 is 0 Å². The molecule has 0 amide bonds. The van der Waals surface area contributed by atoms with Crippen LogP contribution in [-0.4, -0.2) is 19.5 Å². The van der Waals surface area contributed by atoms with Crippen molar-refractivity contribution in [3.05, 3.63) is 132 Å². The van der Waals surface area contributed by atoms with Crippen molar-refractivity contribution in [3.63, 3.8) is 0 Å². The minimum atomic E-state index is 0.364. The second-order valence-corrected chi connectivity index (χ2v) is 14.7. The molecule has 4 aliphatic rings. The Morgan fingerprint density at radius 3 is 1.69 bits per heavy atom. The number of nitrogens with zero attached hydrogens (tertiary/aromatic N) is 5. The highest BCUT2D eigenvalue weighted by Gasteiger charge is 2.51. The lowest BCUT2D eigenvalue weighted by Crippen LogP contribution is -2.48. The first-order chi connectivity index (χ1) is 24.1. The summed E-state index contributed by atoms with van der Waals surface area (Å²) in [7, 11) is 0. The summed E-state index contributed by atoms with van der Waals surface area (Å²) in [6, 6.07) is 44.4. The van der Waals surface area contributed by atoms with Gasteiger partial charge < -0.3 is 4.57 Å². The first-order valence-corrected chi connectivity index (χ1v) is 17.6. The molecule has 49 heavy (non-hydrogen) atoms. The molecule has 0 atom stereocenters. The molecule has 5 heteroatoms. The highest BCUT2D eigenvalue weighted by Crippen LogP contribution is 2.60. The summed E-state index contributed by atoms with van der Waals surface area (Å²) in [5.74, 6) is 4.78. The van der Waals surface area contributed by atoms with Crippen LogP contribution in [0.2, 0.25) is 0 Å². The van der Waals surface area contributed by atoms with Gasteiger partial charge in [-0.15, -0.1) is 0 Å². The summed E-state index contributed by atoms with van der Waals surface area (Å²) in [5.41, 5.74) is 8.67. The largest absolute Gasteiger partial charge is 0.309 e. The molecule has 0 spiro atoms. The van der Waals surface area contributed by atoms with Crippen LogP contribution >= 0.6 is 0 Å². The topological polar surface area (TPSA) is 67.4 Å². The molecule has 0 N–H and O–H groups in total. The molecule has 4 bridgehead atoms. The van der Waals surface area contributed by atoms with Gasteiger partial charge in [0.25, 0.3) is 0 Å². The maximum absolute atomic E-state index is 9.55. The fourth-order valence-corrected chi connectivity index (χ4v) is 9.87. The smallest absolute Gasteiger partial charge is 0.164 e. The fourth-order valence-electron chi connectivity index (χ4n) is 9.87. The second kappa shape index (κ2) is 11.0. The molecule has 2 aromatic heterocycles. The van der Waals surface area contributed by atoms with Crippen molar-refractivity contribution in [1.29, 1.82) is 5.26 Å². The van der Waals surface area contributed by atoms with Gasteiger partial charge in [-0.2, -0.15) is 5.26 Å². The van der Waals surface area contributed by atoms with Gasteiger partial charge in [-0.1, -0.05) is 72.8 Å². The molecule has 0 saturated heterocycles. The van der Waals surface area contributed by atoms with Gasteiger partial charge in [0.05, 0.1) is 22.7 Å². The van der Waals surface area contributed by atoms with Crippen molar-refractivity contribution < 1.29 is 0 Å². The monoisotopic (exact) mass is 633 g/mol. The van der Waals surface area contributed by atoms with Gasteiger partial charge in [-0.25, -0.2) is 15.0 Å². The van der Waals surface area contributed by atoms with Crippen LogP contribution in [-0.2, 0) is 5.41 Å². The minimum Gasteiger partial charge on any atom is -0.309 e. The molecule has 4 saturated carbocycles. The summed E-state index contributed by atoms with van der Waals surface area (Å²) in [6.45, 7) is 0. The van der Waals surface area contributed by atoms with E-state index in [4.69, 9.17) is 15.0 Å². The molecule has 11 rings (SSSR count). The third-order valence-electron chi connectivity index (χ3n) is 11.6. The van der Waals surface area contributed by atoms with Crippen LogP contribution < -0.4 is 0 Å². The maximum Gasteiger partial charge on any atom is 0.164 e. The zero-order valence-electron chi connectivity index (χ0n) is 27.3. The molecular weight excluding hydrogens is 599 g/mol. The van der Waals surface area contributed by atoms with Crippen LogP contribution in [0.15, 0.2) is 121 Å². The predicted molar refractivity (Wildman–Crippen MR) is 195 cm³/mol. The van der Waals surface area contributed by atoms with Crippen molar-refractivity contribution >= 4 is 21.8 Å². The Hall–Kier alpha value is -5.60. The molecule has 4 fully saturated rings. The molecule has 0 unspecified atom stereocenters. The Morgan fingerprint density at radius 1 is 0.551 bits per heavy atom. The Balaban J connectivity index is 1.04. The van der Waals surface area contributed by atoms with Gasteiger partial charge in [0.2, 0.25) is 0 Å². The van der Waals surface area contributed by atoms with Crippen LogP contribution in [0.5, 0.6) is 0 Å². The van der Waals surface area contributed by atoms with Crippen molar-refractivity contribution in [2.24, 2.45) is 17.8 Å². The molecule has 5 nitrogen and oxygen atoms in total. The van der Waals surface area contributed by atoms with E-state index in [1.54, 1.807) is 0 Å². The average molecular weight is 634 g/mol. The molecule has 7 aromatic rings. The van der Waals surface area contributed by atoms with E-state index in [1.165, 1.54) is 44.1 Å². The Morgan fingerprint density at radius 2 is 1.08 bits per heavy atom. The van der Waals surface area contributed by atoms with Crippen LogP contribution in [0, 0.1) is 29.1 Å². The van der Waals surface area contributed by atoms with E-state index in [0.717, 1.165) is 61.9 Å². The third kappa shape index (κ3) is 4.70. The van der Waals surface area contributed by atoms with Gasteiger partial charge in [-0.05, 0) is 116 Å². The highest BCUT2D eigenvalue weighted by molar-refractivity contribution is 6.09. The predicted octanol–water partition coefficient (Wildman–Crippen LogP) is 10.3.